The lowest BCUT2D eigenvalue weighted by Gasteiger charge is -2.14. The number of aryl methyl sites for hydroxylation is 1. The van der Waals surface area contributed by atoms with Crippen molar-refractivity contribution in [3.63, 3.8) is 0 Å². The quantitative estimate of drug-likeness (QED) is 0.923. The third-order valence-corrected chi connectivity index (χ3v) is 3.39. The number of nitrogens with zero attached hydrogens (tertiary/aromatic N) is 1. The van der Waals surface area contributed by atoms with Gasteiger partial charge >= 0.3 is 0 Å². The van der Waals surface area contributed by atoms with Gasteiger partial charge in [0, 0.05) is 29.5 Å². The Kier molecular flexibility index (Phi) is 4.50. The zero-order chi connectivity index (χ0) is 13.0. The van der Waals surface area contributed by atoms with Gasteiger partial charge in [0.15, 0.2) is 0 Å². The molecule has 0 saturated carbocycles. The van der Waals surface area contributed by atoms with Crippen molar-refractivity contribution < 1.29 is 0 Å². The minimum absolute atomic E-state index is 0.322. The summed E-state index contributed by atoms with van der Waals surface area (Å²) in [4.78, 5) is 4.20. The summed E-state index contributed by atoms with van der Waals surface area (Å²) in [6.45, 7) is 5.07. The van der Waals surface area contributed by atoms with E-state index in [1.54, 1.807) is 0 Å². The normalized spacial score (nSPS) is 12.4. The fourth-order valence-corrected chi connectivity index (χ4v) is 2.30. The van der Waals surface area contributed by atoms with Crippen molar-refractivity contribution in [1.29, 1.82) is 0 Å². The molecule has 2 nitrogen and oxygen atoms in total. The van der Waals surface area contributed by atoms with Gasteiger partial charge in [0.25, 0.3) is 0 Å². The Morgan fingerprint density at radius 3 is 2.83 bits per heavy atom. The van der Waals surface area contributed by atoms with Gasteiger partial charge in [-0.25, -0.2) is 0 Å². The topological polar surface area (TPSA) is 24.9 Å². The van der Waals surface area contributed by atoms with Gasteiger partial charge in [0.05, 0.1) is 0 Å². The summed E-state index contributed by atoms with van der Waals surface area (Å²) in [5.74, 6) is 0. The minimum atomic E-state index is 0.322. The number of hydrogen-bond acceptors (Lipinski definition) is 2. The van der Waals surface area contributed by atoms with Crippen LogP contribution in [-0.2, 0) is 6.54 Å². The molecular formula is C15H17BrN2. The van der Waals surface area contributed by atoms with E-state index in [0.717, 1.165) is 11.0 Å². The van der Waals surface area contributed by atoms with Gasteiger partial charge in [0.1, 0.15) is 0 Å². The molecule has 1 aromatic heterocycles. The van der Waals surface area contributed by atoms with Gasteiger partial charge in [-0.2, -0.15) is 0 Å². The number of aromatic nitrogens is 1. The summed E-state index contributed by atoms with van der Waals surface area (Å²) in [7, 11) is 0. The molecular weight excluding hydrogens is 288 g/mol. The van der Waals surface area contributed by atoms with E-state index < -0.39 is 0 Å². The molecule has 1 N–H and O–H groups in total. The number of halogens is 1. The smallest absolute Gasteiger partial charge is 0.0313 e. The first kappa shape index (κ1) is 13.2. The van der Waals surface area contributed by atoms with E-state index in [1.165, 1.54) is 16.7 Å². The van der Waals surface area contributed by atoms with Crippen LogP contribution in [0.25, 0.3) is 0 Å². The second-order valence-electron chi connectivity index (χ2n) is 4.53. The highest BCUT2D eigenvalue weighted by molar-refractivity contribution is 9.10. The van der Waals surface area contributed by atoms with Crippen LogP contribution in [0, 0.1) is 6.92 Å². The number of hydrogen-bond donors (Lipinski definition) is 1. The predicted octanol–water partition coefficient (Wildman–Crippen LogP) is 4.00. The van der Waals surface area contributed by atoms with Gasteiger partial charge in [-0.3, -0.25) is 4.98 Å². The van der Waals surface area contributed by atoms with Crippen LogP contribution < -0.4 is 5.32 Å². The Hall–Kier alpha value is -1.19. The molecule has 0 aliphatic carbocycles. The van der Waals surface area contributed by atoms with Crippen molar-refractivity contribution in [2.75, 3.05) is 0 Å². The van der Waals surface area contributed by atoms with Crippen molar-refractivity contribution in [1.82, 2.24) is 10.3 Å². The molecule has 0 fully saturated rings. The van der Waals surface area contributed by atoms with E-state index in [1.807, 2.05) is 18.5 Å². The molecule has 0 saturated heterocycles. The van der Waals surface area contributed by atoms with Gasteiger partial charge in [-0.15, -0.1) is 0 Å². The zero-order valence-electron chi connectivity index (χ0n) is 10.7. The average Bonchev–Trinajstić information content (AvgIpc) is 2.36. The van der Waals surface area contributed by atoms with Crippen molar-refractivity contribution >= 4 is 15.9 Å². The summed E-state index contributed by atoms with van der Waals surface area (Å²) in [6, 6.07) is 10.9. The highest BCUT2D eigenvalue weighted by Gasteiger charge is 2.05. The molecule has 2 aromatic rings. The minimum Gasteiger partial charge on any atom is -0.306 e. The lowest BCUT2D eigenvalue weighted by atomic mass is 10.1. The highest BCUT2D eigenvalue weighted by atomic mass is 79.9. The SMILES string of the molecule is Cc1cncc(CN[C@@H](C)c2cccc(Br)c2)c1. The van der Waals surface area contributed by atoms with Gasteiger partial charge in [-0.05, 0) is 42.7 Å². The third kappa shape index (κ3) is 3.65. The summed E-state index contributed by atoms with van der Waals surface area (Å²) in [6.07, 6.45) is 3.79. The standard InChI is InChI=1S/C15H17BrN2/c1-11-6-13(9-17-8-11)10-18-12(2)14-4-3-5-15(16)7-14/h3-9,12,18H,10H2,1-2H3/t12-/m0/s1. The zero-order valence-corrected chi connectivity index (χ0v) is 12.2. The van der Waals surface area contributed by atoms with E-state index in [4.69, 9.17) is 0 Å². The maximum absolute atomic E-state index is 4.20. The van der Waals surface area contributed by atoms with Crippen molar-refractivity contribution in [3.8, 4) is 0 Å². The molecule has 0 unspecified atom stereocenters. The number of pyridine rings is 1. The van der Waals surface area contributed by atoms with Crippen LogP contribution in [0.2, 0.25) is 0 Å². The average molecular weight is 305 g/mol. The van der Waals surface area contributed by atoms with Crippen LogP contribution in [0.3, 0.4) is 0 Å². The number of benzene rings is 1. The molecule has 3 heteroatoms. The third-order valence-electron chi connectivity index (χ3n) is 2.89. The van der Waals surface area contributed by atoms with E-state index in [2.05, 4.69) is 64.3 Å². The largest absolute Gasteiger partial charge is 0.306 e. The van der Waals surface area contributed by atoms with Gasteiger partial charge in [0.2, 0.25) is 0 Å². The molecule has 1 heterocycles. The molecule has 18 heavy (non-hydrogen) atoms. The fraction of sp³-hybridized carbons (Fsp3) is 0.267. The Morgan fingerprint density at radius 1 is 1.28 bits per heavy atom. The first-order valence-corrected chi connectivity index (χ1v) is 6.84. The lowest BCUT2D eigenvalue weighted by Crippen LogP contribution is -2.18. The van der Waals surface area contributed by atoms with E-state index >= 15 is 0 Å². The summed E-state index contributed by atoms with van der Waals surface area (Å²) >= 11 is 3.50. The van der Waals surface area contributed by atoms with E-state index in [-0.39, 0.29) is 0 Å². The molecule has 0 bridgehead atoms. The Labute approximate surface area is 117 Å². The first-order chi connectivity index (χ1) is 8.65. The Morgan fingerprint density at radius 2 is 2.11 bits per heavy atom. The van der Waals surface area contributed by atoms with Crippen molar-refractivity contribution in [3.05, 3.63) is 63.9 Å². The summed E-state index contributed by atoms with van der Waals surface area (Å²) in [5.41, 5.74) is 3.70. The van der Waals surface area contributed by atoms with Crippen molar-refractivity contribution in [2.24, 2.45) is 0 Å². The van der Waals surface area contributed by atoms with Crippen molar-refractivity contribution in [2.45, 2.75) is 26.4 Å². The first-order valence-electron chi connectivity index (χ1n) is 6.04. The monoisotopic (exact) mass is 304 g/mol. The molecule has 0 amide bonds. The molecule has 0 spiro atoms. The van der Waals surface area contributed by atoms with Crippen LogP contribution in [0.15, 0.2) is 47.2 Å². The van der Waals surface area contributed by atoms with Crippen LogP contribution >= 0.6 is 15.9 Å². The van der Waals surface area contributed by atoms with Gasteiger partial charge in [-0.1, -0.05) is 34.1 Å². The highest BCUT2D eigenvalue weighted by Crippen LogP contribution is 2.18. The van der Waals surface area contributed by atoms with Gasteiger partial charge < -0.3 is 5.32 Å². The summed E-state index contributed by atoms with van der Waals surface area (Å²) < 4.78 is 1.12. The molecule has 1 atom stereocenters. The maximum Gasteiger partial charge on any atom is 0.0313 e. The fourth-order valence-electron chi connectivity index (χ4n) is 1.88. The molecule has 94 valence electrons. The predicted molar refractivity (Wildman–Crippen MR) is 78.4 cm³/mol. The second kappa shape index (κ2) is 6.12. The Balaban J connectivity index is 1.98. The number of nitrogens with one attached hydrogen (secondary N) is 1. The molecule has 0 radical (unpaired) electrons. The molecule has 0 aliphatic rings. The second-order valence-corrected chi connectivity index (χ2v) is 5.44. The molecule has 0 aliphatic heterocycles. The maximum atomic E-state index is 4.20. The van der Waals surface area contributed by atoms with E-state index in [0.29, 0.717) is 6.04 Å². The van der Waals surface area contributed by atoms with Crippen LogP contribution in [0.5, 0.6) is 0 Å². The van der Waals surface area contributed by atoms with Crippen LogP contribution in [-0.4, -0.2) is 4.98 Å². The van der Waals surface area contributed by atoms with E-state index in [9.17, 15) is 0 Å². The molecule has 2 rings (SSSR count). The van der Waals surface area contributed by atoms with Crippen LogP contribution in [0.1, 0.15) is 29.7 Å². The number of rotatable bonds is 4. The Bertz CT molecular complexity index is 525. The lowest BCUT2D eigenvalue weighted by molar-refractivity contribution is 0.573. The summed E-state index contributed by atoms with van der Waals surface area (Å²) in [5, 5.41) is 3.51. The van der Waals surface area contributed by atoms with Crippen LogP contribution in [0.4, 0.5) is 0 Å². The molecule has 1 aromatic carbocycles.